The van der Waals surface area contributed by atoms with Crippen molar-refractivity contribution in [3.05, 3.63) is 12.3 Å². The molecule has 1 rings (SSSR count). The molecule has 1 aliphatic heterocycles. The van der Waals surface area contributed by atoms with E-state index in [1.54, 1.807) is 0 Å². The van der Waals surface area contributed by atoms with Gasteiger partial charge >= 0.3 is 5.97 Å². The van der Waals surface area contributed by atoms with Gasteiger partial charge < -0.3 is 40.0 Å². The normalized spacial score (nSPS) is 15.5. The lowest BCUT2D eigenvalue weighted by atomic mass is 10.2. The second kappa shape index (κ2) is 32.6. The summed E-state index contributed by atoms with van der Waals surface area (Å²) in [6.07, 6.45) is 4.71. The lowest BCUT2D eigenvalue weighted by Crippen LogP contribution is -2.26. The van der Waals surface area contributed by atoms with Gasteiger partial charge in [-0.3, -0.25) is 4.79 Å². The number of carboxylic acid groups (broad SMARTS) is 1. The van der Waals surface area contributed by atoms with E-state index < -0.39 is 5.97 Å². The van der Waals surface area contributed by atoms with Crippen molar-refractivity contribution in [3.63, 3.8) is 0 Å². The summed E-state index contributed by atoms with van der Waals surface area (Å²) in [5.74, 6) is -0.857. The summed E-state index contributed by atoms with van der Waals surface area (Å²) in [4.78, 5) is 10.3. The second-order valence-corrected chi connectivity index (χ2v) is 8.18. The maximum Gasteiger partial charge on any atom is 0.305 e. The minimum Gasteiger partial charge on any atom is -0.481 e. The van der Waals surface area contributed by atoms with Gasteiger partial charge in [-0.05, 0) is 38.9 Å². The number of allylic oxidation sites excluding steroid dienone is 1. The van der Waals surface area contributed by atoms with Gasteiger partial charge in [0, 0.05) is 24.3 Å². The molecule has 1 saturated heterocycles. The molecule has 0 saturated carbocycles. The van der Waals surface area contributed by atoms with Crippen molar-refractivity contribution in [1.29, 1.82) is 0 Å². The Hall–Kier alpha value is -1.46. The molecule has 0 unspecified atom stereocenters. The van der Waals surface area contributed by atoms with Gasteiger partial charge in [0.25, 0.3) is 0 Å². The SMILES string of the molecule is C=C(CCCCC)NCCOCCOCCOCCOCCC(=O)O.CC.CC.C[C@@H]1NC(=S)N[C@@H]1C. The standard InChI is InChI=1S/C18H35NO6.C5H10N2S.2C2H6/c1-3-4-5-6-17(2)19-8-10-23-12-14-25-16-15-24-13-11-22-9-7-18(20)21;1-3-4(2)7-5(8)6-3;2*1-2/h19H,2-16H2,1H3,(H,20,21);3-4H,1-2H3,(H2,6,7,8);2*1-2H3/t;3-,4+;;. The number of hydrogen-bond donors (Lipinski definition) is 4. The minimum atomic E-state index is -0.857. The molecule has 0 radical (unpaired) electrons. The number of aliphatic carboxylic acids is 1. The predicted octanol–water partition coefficient (Wildman–Crippen LogP) is 4.50. The Balaban J connectivity index is -0.000000793. The van der Waals surface area contributed by atoms with Crippen LogP contribution in [0, 0.1) is 0 Å². The zero-order chi connectivity index (χ0) is 28.7. The molecule has 0 amide bonds. The van der Waals surface area contributed by atoms with Crippen LogP contribution < -0.4 is 16.0 Å². The molecule has 1 heterocycles. The number of hydrogen-bond acceptors (Lipinski definition) is 7. The number of carboxylic acids is 1. The molecule has 0 spiro atoms. The van der Waals surface area contributed by atoms with Crippen LogP contribution in [0.5, 0.6) is 0 Å². The van der Waals surface area contributed by atoms with Gasteiger partial charge in [0.15, 0.2) is 5.11 Å². The molecule has 4 N–H and O–H groups in total. The molecule has 0 aromatic heterocycles. The zero-order valence-corrected chi connectivity index (χ0v) is 25.5. The van der Waals surface area contributed by atoms with Crippen LogP contribution in [0.25, 0.3) is 0 Å². The summed E-state index contributed by atoms with van der Waals surface area (Å²) in [6.45, 7) is 23.0. The summed E-state index contributed by atoms with van der Waals surface area (Å²) < 4.78 is 21.2. The van der Waals surface area contributed by atoms with Crippen LogP contribution in [-0.4, -0.2) is 87.7 Å². The highest BCUT2D eigenvalue weighted by molar-refractivity contribution is 7.80. The van der Waals surface area contributed by atoms with E-state index in [1.807, 2.05) is 27.7 Å². The number of unbranched alkanes of at least 4 members (excludes halogenated alkanes) is 2. The summed E-state index contributed by atoms with van der Waals surface area (Å²) >= 11 is 4.85. The van der Waals surface area contributed by atoms with E-state index in [-0.39, 0.29) is 13.0 Å². The summed E-state index contributed by atoms with van der Waals surface area (Å²) in [7, 11) is 0. The number of ether oxygens (including phenoxy) is 4. The first kappa shape index (κ1) is 40.0. The topological polar surface area (TPSA) is 110 Å². The Labute approximate surface area is 232 Å². The Kier molecular flexibility index (Phi) is 35.2. The Morgan fingerprint density at radius 2 is 1.27 bits per heavy atom. The van der Waals surface area contributed by atoms with Crippen LogP contribution in [0.3, 0.4) is 0 Å². The molecule has 37 heavy (non-hydrogen) atoms. The van der Waals surface area contributed by atoms with Crippen molar-refractivity contribution in [2.45, 2.75) is 92.7 Å². The lowest BCUT2D eigenvalue weighted by molar-refractivity contribution is -0.138. The quantitative estimate of drug-likeness (QED) is 0.127. The maximum atomic E-state index is 10.3. The van der Waals surface area contributed by atoms with Gasteiger partial charge in [-0.25, -0.2) is 0 Å². The molecular formula is C27H57N3O6S. The minimum absolute atomic E-state index is 0.0194. The first-order valence-corrected chi connectivity index (χ1v) is 14.3. The van der Waals surface area contributed by atoms with Crippen molar-refractivity contribution in [2.75, 3.05) is 59.4 Å². The van der Waals surface area contributed by atoms with Crippen molar-refractivity contribution in [2.24, 2.45) is 0 Å². The van der Waals surface area contributed by atoms with E-state index in [0.717, 1.165) is 23.8 Å². The summed E-state index contributed by atoms with van der Waals surface area (Å²) in [6, 6.07) is 0.977. The van der Waals surface area contributed by atoms with Gasteiger partial charge in [-0.1, -0.05) is 54.0 Å². The number of carbonyl (C=O) groups is 1. The second-order valence-electron chi connectivity index (χ2n) is 7.78. The average molecular weight is 552 g/mol. The van der Waals surface area contributed by atoms with Crippen molar-refractivity contribution in [3.8, 4) is 0 Å². The molecule has 222 valence electrons. The maximum absolute atomic E-state index is 10.3. The van der Waals surface area contributed by atoms with Crippen LogP contribution in [0.1, 0.15) is 80.6 Å². The first-order valence-electron chi connectivity index (χ1n) is 13.9. The molecule has 10 heteroatoms. The highest BCUT2D eigenvalue weighted by Gasteiger charge is 2.19. The van der Waals surface area contributed by atoms with Crippen LogP contribution in [-0.2, 0) is 23.7 Å². The van der Waals surface area contributed by atoms with Crippen LogP contribution in [0.4, 0.5) is 0 Å². The largest absolute Gasteiger partial charge is 0.481 e. The Morgan fingerprint density at radius 1 is 0.838 bits per heavy atom. The molecule has 0 bridgehead atoms. The predicted molar refractivity (Wildman–Crippen MR) is 157 cm³/mol. The first-order chi connectivity index (χ1) is 17.9. The molecular weight excluding hydrogens is 494 g/mol. The van der Waals surface area contributed by atoms with Crippen molar-refractivity contribution < 1.29 is 28.8 Å². The molecule has 0 aromatic rings. The monoisotopic (exact) mass is 551 g/mol. The third-order valence-corrected chi connectivity index (χ3v) is 4.98. The molecule has 1 aliphatic rings. The lowest BCUT2D eigenvalue weighted by Gasteiger charge is -2.10. The molecule has 0 aliphatic carbocycles. The highest BCUT2D eigenvalue weighted by Crippen LogP contribution is 2.03. The van der Waals surface area contributed by atoms with Gasteiger partial charge in [0.05, 0.1) is 59.3 Å². The van der Waals surface area contributed by atoms with Crippen LogP contribution in [0.15, 0.2) is 12.3 Å². The van der Waals surface area contributed by atoms with Crippen LogP contribution >= 0.6 is 12.2 Å². The fourth-order valence-electron chi connectivity index (χ4n) is 2.60. The Bertz CT molecular complexity index is 514. The third-order valence-electron chi connectivity index (χ3n) is 4.75. The fraction of sp³-hybridized carbons (Fsp3) is 0.852. The number of thiocarbonyl (C=S) groups is 1. The van der Waals surface area contributed by atoms with E-state index in [2.05, 4.69) is 43.3 Å². The molecule has 2 atom stereocenters. The summed E-state index contributed by atoms with van der Waals surface area (Å²) in [5, 5.41) is 18.6. The Morgan fingerprint density at radius 3 is 1.65 bits per heavy atom. The van der Waals surface area contributed by atoms with Gasteiger partial charge in [-0.15, -0.1) is 0 Å². The smallest absolute Gasteiger partial charge is 0.305 e. The van der Waals surface area contributed by atoms with Gasteiger partial charge in [0.2, 0.25) is 0 Å². The molecule has 1 fully saturated rings. The van der Waals surface area contributed by atoms with E-state index in [9.17, 15) is 4.79 Å². The van der Waals surface area contributed by atoms with Crippen LogP contribution in [0.2, 0.25) is 0 Å². The van der Waals surface area contributed by atoms with E-state index in [4.69, 9.17) is 36.3 Å². The van der Waals surface area contributed by atoms with E-state index in [0.29, 0.717) is 58.3 Å². The average Bonchev–Trinajstić information content (AvgIpc) is 3.18. The highest BCUT2D eigenvalue weighted by atomic mass is 32.1. The van der Waals surface area contributed by atoms with Crippen molar-refractivity contribution >= 4 is 23.3 Å². The zero-order valence-electron chi connectivity index (χ0n) is 24.7. The third kappa shape index (κ3) is 32.5. The number of rotatable bonds is 20. The van der Waals surface area contributed by atoms with E-state index >= 15 is 0 Å². The van der Waals surface area contributed by atoms with Crippen molar-refractivity contribution in [1.82, 2.24) is 16.0 Å². The molecule has 0 aromatic carbocycles. The van der Waals surface area contributed by atoms with E-state index in [1.165, 1.54) is 19.3 Å². The van der Waals surface area contributed by atoms with Gasteiger partial charge in [-0.2, -0.15) is 0 Å². The summed E-state index contributed by atoms with van der Waals surface area (Å²) in [5.41, 5.74) is 1.08. The van der Waals surface area contributed by atoms with Gasteiger partial charge in [0.1, 0.15) is 0 Å². The number of nitrogens with one attached hydrogen (secondary N) is 3. The fourth-order valence-corrected chi connectivity index (χ4v) is 2.98. The molecule has 9 nitrogen and oxygen atoms in total.